The van der Waals surface area contributed by atoms with Crippen molar-refractivity contribution in [3.63, 3.8) is 0 Å². The van der Waals surface area contributed by atoms with Gasteiger partial charge in [0.2, 0.25) is 11.8 Å². The molecule has 30 heavy (non-hydrogen) atoms. The van der Waals surface area contributed by atoms with Gasteiger partial charge in [-0.25, -0.2) is 9.97 Å². The van der Waals surface area contributed by atoms with Crippen LogP contribution in [0.3, 0.4) is 0 Å². The number of hydrogen-bond acceptors (Lipinski definition) is 6. The van der Waals surface area contributed by atoms with Crippen LogP contribution < -0.4 is 9.47 Å². The van der Waals surface area contributed by atoms with Gasteiger partial charge in [-0.15, -0.1) is 0 Å². The molecule has 7 nitrogen and oxygen atoms in total. The van der Waals surface area contributed by atoms with E-state index in [2.05, 4.69) is 20.1 Å². The monoisotopic (exact) mass is 425 g/mol. The van der Waals surface area contributed by atoms with Crippen LogP contribution in [0.15, 0.2) is 42.7 Å². The van der Waals surface area contributed by atoms with E-state index < -0.39 is 5.95 Å². The van der Waals surface area contributed by atoms with Gasteiger partial charge in [0, 0.05) is 16.8 Å². The summed E-state index contributed by atoms with van der Waals surface area (Å²) in [5.74, 6) is 0.271. The number of aromatic nitrogens is 5. The van der Waals surface area contributed by atoms with E-state index in [1.807, 2.05) is 30.3 Å². The van der Waals surface area contributed by atoms with Gasteiger partial charge in [0.05, 0.1) is 31.7 Å². The Balaban J connectivity index is 1.61. The summed E-state index contributed by atoms with van der Waals surface area (Å²) in [5, 5.41) is 5.11. The number of fused-ring (bicyclic) bond motifs is 1. The molecule has 0 aliphatic heterocycles. The van der Waals surface area contributed by atoms with Crippen molar-refractivity contribution in [1.82, 2.24) is 24.6 Å². The number of benzene rings is 1. The van der Waals surface area contributed by atoms with Gasteiger partial charge in [0.1, 0.15) is 0 Å². The number of methoxy groups -OCH3 is 2. The topological polar surface area (TPSA) is 74.4 Å². The van der Waals surface area contributed by atoms with Crippen LogP contribution in [-0.2, 0) is 0 Å². The molecule has 1 fully saturated rings. The molecule has 152 valence electrons. The molecule has 1 saturated carbocycles. The van der Waals surface area contributed by atoms with Crippen LogP contribution in [0.2, 0.25) is 5.02 Å². The highest BCUT2D eigenvalue weighted by Gasteiger charge is 2.41. The Hall–Kier alpha value is -3.26. The highest BCUT2D eigenvalue weighted by Crippen LogP contribution is 2.55. The Morgan fingerprint density at radius 2 is 1.87 bits per heavy atom. The van der Waals surface area contributed by atoms with Crippen molar-refractivity contribution in [3.8, 4) is 23.1 Å². The van der Waals surface area contributed by atoms with E-state index in [0.717, 1.165) is 12.0 Å². The molecule has 0 unspecified atom stereocenters. The van der Waals surface area contributed by atoms with Crippen molar-refractivity contribution >= 4 is 17.2 Å². The lowest BCUT2D eigenvalue weighted by atomic mass is 10.0. The maximum absolute atomic E-state index is 14.4. The second-order valence-corrected chi connectivity index (χ2v) is 7.52. The Morgan fingerprint density at radius 3 is 2.60 bits per heavy atom. The largest absolute Gasteiger partial charge is 0.480 e. The van der Waals surface area contributed by atoms with Gasteiger partial charge >= 0.3 is 6.01 Å². The summed E-state index contributed by atoms with van der Waals surface area (Å²) in [5.41, 5.74) is 3.65. The van der Waals surface area contributed by atoms with Crippen LogP contribution in [0, 0.1) is 5.95 Å². The highest BCUT2D eigenvalue weighted by molar-refractivity contribution is 6.30. The minimum Gasteiger partial charge on any atom is -0.480 e. The van der Waals surface area contributed by atoms with Crippen molar-refractivity contribution < 1.29 is 13.9 Å². The third-order valence-electron chi connectivity index (χ3n) is 5.33. The zero-order valence-corrected chi connectivity index (χ0v) is 17.0. The fraction of sp³-hybridized carbons (Fsp3) is 0.238. The summed E-state index contributed by atoms with van der Waals surface area (Å²) in [6, 6.07) is 9.91. The van der Waals surface area contributed by atoms with Crippen molar-refractivity contribution in [3.05, 3.63) is 64.8 Å². The first kappa shape index (κ1) is 18.7. The summed E-state index contributed by atoms with van der Waals surface area (Å²) >= 11 is 6.01. The molecule has 9 heteroatoms. The Bertz CT molecular complexity index is 1240. The minimum atomic E-state index is -0.537. The van der Waals surface area contributed by atoms with Crippen LogP contribution in [0.25, 0.3) is 16.9 Å². The van der Waals surface area contributed by atoms with Gasteiger partial charge in [0.25, 0.3) is 0 Å². The number of halogens is 2. The van der Waals surface area contributed by atoms with E-state index in [-0.39, 0.29) is 11.9 Å². The van der Waals surface area contributed by atoms with E-state index in [4.69, 9.17) is 21.1 Å². The number of ether oxygens (including phenoxy) is 2. The Kier molecular flexibility index (Phi) is 4.51. The third-order valence-corrected chi connectivity index (χ3v) is 5.58. The van der Waals surface area contributed by atoms with E-state index in [9.17, 15) is 4.39 Å². The molecular formula is C21H17ClFN5O2. The van der Waals surface area contributed by atoms with Crippen LogP contribution >= 0.6 is 11.6 Å². The molecule has 0 bridgehead atoms. The van der Waals surface area contributed by atoms with Gasteiger partial charge in [-0.2, -0.15) is 19.0 Å². The molecule has 0 saturated heterocycles. The number of hydrogen-bond donors (Lipinski definition) is 0. The van der Waals surface area contributed by atoms with Crippen molar-refractivity contribution in [2.45, 2.75) is 18.3 Å². The van der Waals surface area contributed by atoms with Gasteiger partial charge in [-0.3, -0.25) is 0 Å². The first-order valence-corrected chi connectivity index (χ1v) is 9.72. The average Bonchev–Trinajstić information content (AvgIpc) is 3.49. The Labute approximate surface area is 176 Å². The maximum atomic E-state index is 14.4. The summed E-state index contributed by atoms with van der Waals surface area (Å²) < 4.78 is 26.1. The fourth-order valence-corrected chi connectivity index (χ4v) is 3.89. The Morgan fingerprint density at radius 1 is 1.07 bits per heavy atom. The van der Waals surface area contributed by atoms with Gasteiger partial charge in [-0.1, -0.05) is 23.7 Å². The van der Waals surface area contributed by atoms with Gasteiger partial charge in [-0.05, 0) is 42.0 Å². The van der Waals surface area contributed by atoms with Crippen molar-refractivity contribution in [2.75, 3.05) is 14.2 Å². The molecule has 3 heterocycles. The van der Waals surface area contributed by atoms with Crippen LogP contribution in [-0.4, -0.2) is 38.8 Å². The molecule has 1 aliphatic carbocycles. The predicted molar refractivity (Wildman–Crippen MR) is 109 cm³/mol. The average molecular weight is 426 g/mol. The summed E-state index contributed by atoms with van der Waals surface area (Å²) in [6.45, 7) is 0. The SMILES string of the molecule is COc1ncc(-c2cc([C@H]3C[C@@H]3c3ccc(Cl)cc3)c3ncc(F)n3n2)c(OC)n1. The lowest BCUT2D eigenvalue weighted by Gasteiger charge is -2.11. The van der Waals surface area contributed by atoms with Gasteiger partial charge in [0.15, 0.2) is 5.65 Å². The molecular weight excluding hydrogens is 409 g/mol. The standard InChI is InChI=1S/C21H17ClFN5O2/c1-29-20-16(9-25-21(26-20)30-2)17-8-15(19-24-10-18(23)28(19)27-17)14-7-13(14)11-3-5-12(22)6-4-11/h3-6,8-10,13-14H,7H2,1-2H3/t13-,14+/m1/s1. The second kappa shape index (κ2) is 7.21. The molecule has 3 aromatic heterocycles. The van der Waals surface area contributed by atoms with Crippen LogP contribution in [0.1, 0.15) is 29.4 Å². The molecule has 2 atom stereocenters. The molecule has 0 amide bonds. The fourth-order valence-electron chi connectivity index (χ4n) is 3.77. The van der Waals surface area contributed by atoms with Gasteiger partial charge < -0.3 is 9.47 Å². The molecule has 1 aromatic carbocycles. The second-order valence-electron chi connectivity index (χ2n) is 7.08. The van der Waals surface area contributed by atoms with Crippen molar-refractivity contribution in [2.24, 2.45) is 0 Å². The van der Waals surface area contributed by atoms with Crippen molar-refractivity contribution in [1.29, 1.82) is 0 Å². The summed E-state index contributed by atoms with van der Waals surface area (Å²) in [7, 11) is 2.97. The smallest absolute Gasteiger partial charge is 0.319 e. The molecule has 0 N–H and O–H groups in total. The zero-order chi connectivity index (χ0) is 20.8. The molecule has 1 aliphatic rings. The zero-order valence-electron chi connectivity index (χ0n) is 16.2. The third kappa shape index (κ3) is 3.13. The number of imidazole rings is 1. The summed E-state index contributed by atoms with van der Waals surface area (Å²) in [4.78, 5) is 12.6. The van der Waals surface area contributed by atoms with Crippen LogP contribution in [0.5, 0.6) is 11.9 Å². The molecule has 5 rings (SSSR count). The predicted octanol–water partition coefficient (Wildman–Crippen LogP) is 4.27. The lowest BCUT2D eigenvalue weighted by Crippen LogP contribution is -2.04. The first-order chi connectivity index (χ1) is 14.6. The summed E-state index contributed by atoms with van der Waals surface area (Å²) in [6.07, 6.45) is 3.67. The van der Waals surface area contributed by atoms with Crippen LogP contribution in [0.4, 0.5) is 4.39 Å². The van der Waals surface area contributed by atoms with E-state index >= 15 is 0 Å². The van der Waals surface area contributed by atoms with E-state index in [0.29, 0.717) is 33.7 Å². The maximum Gasteiger partial charge on any atom is 0.319 e. The molecule has 0 radical (unpaired) electrons. The first-order valence-electron chi connectivity index (χ1n) is 9.34. The molecule has 0 spiro atoms. The highest BCUT2D eigenvalue weighted by atomic mass is 35.5. The number of nitrogens with zero attached hydrogens (tertiary/aromatic N) is 5. The minimum absolute atomic E-state index is 0.177. The molecule has 4 aromatic rings. The van der Waals surface area contributed by atoms with E-state index in [1.165, 1.54) is 30.5 Å². The van der Waals surface area contributed by atoms with E-state index in [1.54, 1.807) is 6.20 Å². The lowest BCUT2D eigenvalue weighted by molar-refractivity contribution is 0.353. The quantitative estimate of drug-likeness (QED) is 0.475. The number of rotatable bonds is 5. The normalized spacial score (nSPS) is 17.9.